The van der Waals surface area contributed by atoms with Gasteiger partial charge in [-0.1, -0.05) is 18.2 Å². The van der Waals surface area contributed by atoms with Crippen molar-refractivity contribution in [2.24, 2.45) is 0 Å². The number of aliphatic carboxylic acids is 2. The Morgan fingerprint density at radius 3 is 2.31 bits per heavy atom. The molecule has 4 atom stereocenters. The van der Waals surface area contributed by atoms with Crippen molar-refractivity contribution in [1.29, 1.82) is 0 Å². The summed E-state index contributed by atoms with van der Waals surface area (Å²) in [6.45, 7) is -0.0789. The zero-order chi connectivity index (χ0) is 26.2. The monoisotopic (exact) mass is 503 g/mol. The van der Waals surface area contributed by atoms with Gasteiger partial charge < -0.3 is 41.6 Å². The molecule has 1 aromatic carbocycles. The van der Waals surface area contributed by atoms with Crippen LogP contribution in [0.15, 0.2) is 30.5 Å². The van der Waals surface area contributed by atoms with Gasteiger partial charge in [-0.2, -0.15) is 0 Å². The normalized spacial score (nSPS) is 17.6. The van der Waals surface area contributed by atoms with Crippen molar-refractivity contribution in [1.82, 2.24) is 26.3 Å². The third-order valence-electron chi connectivity index (χ3n) is 5.92. The minimum absolute atomic E-state index is 0.0722. The Kier molecular flexibility index (Phi) is 8.97. The predicted octanol–water partition coefficient (Wildman–Crippen LogP) is -1.53. The summed E-state index contributed by atoms with van der Waals surface area (Å²) in [5.41, 5.74) is 1.41. The van der Waals surface area contributed by atoms with E-state index in [1.54, 1.807) is 18.3 Å². The van der Waals surface area contributed by atoms with Gasteiger partial charge in [-0.05, 0) is 31.0 Å². The lowest BCUT2D eigenvalue weighted by Crippen LogP contribution is -2.58. The molecule has 13 heteroatoms. The molecular weight excluding hydrogens is 474 g/mol. The highest BCUT2D eigenvalue weighted by molar-refractivity contribution is 5.95. The van der Waals surface area contributed by atoms with Gasteiger partial charge in [0.1, 0.15) is 18.1 Å². The Balaban J connectivity index is 1.79. The summed E-state index contributed by atoms with van der Waals surface area (Å²) in [5, 5.41) is 38.8. The smallest absolute Gasteiger partial charge is 0.326 e. The van der Waals surface area contributed by atoms with Gasteiger partial charge in [-0.3, -0.25) is 19.2 Å². The highest BCUT2D eigenvalue weighted by Gasteiger charge is 2.32. The van der Waals surface area contributed by atoms with Crippen LogP contribution in [0.2, 0.25) is 0 Å². The third-order valence-corrected chi connectivity index (χ3v) is 5.92. The number of H-pyrrole nitrogens is 1. The minimum Gasteiger partial charge on any atom is -0.481 e. The first kappa shape index (κ1) is 26.6. The number of nitrogens with one attached hydrogen (secondary N) is 5. The zero-order valence-electron chi connectivity index (χ0n) is 19.3. The van der Waals surface area contributed by atoms with Crippen LogP contribution in [0.4, 0.5) is 0 Å². The number of hydrogen-bond acceptors (Lipinski definition) is 7. The highest BCUT2D eigenvalue weighted by Crippen LogP contribution is 2.19. The molecule has 0 spiro atoms. The molecule has 0 bridgehead atoms. The summed E-state index contributed by atoms with van der Waals surface area (Å²) < 4.78 is 0. The van der Waals surface area contributed by atoms with E-state index >= 15 is 0 Å². The summed E-state index contributed by atoms with van der Waals surface area (Å²) in [4.78, 5) is 63.9. The standard InChI is InChI=1S/C23H29N5O8/c29-11-18(28-20(32)15-6-3-7-24-15)22(34)26-16(21(33)27-17(23(35)36)9-19(30)31)8-12-10-25-14-5-2-1-4-13(12)14/h1-2,4-5,10,15-18,24-25,29H,3,6-9,11H2,(H,26,34)(H,27,33)(H,28,32)(H,30,31)(H,35,36). The number of carboxylic acid groups (broad SMARTS) is 2. The van der Waals surface area contributed by atoms with Gasteiger partial charge in [-0.25, -0.2) is 4.79 Å². The molecule has 3 amide bonds. The van der Waals surface area contributed by atoms with Crippen LogP contribution in [-0.4, -0.2) is 87.3 Å². The number of aliphatic hydroxyl groups excluding tert-OH is 1. The van der Waals surface area contributed by atoms with Crippen molar-refractivity contribution in [3.05, 3.63) is 36.0 Å². The highest BCUT2D eigenvalue weighted by atomic mass is 16.4. The van der Waals surface area contributed by atoms with Crippen molar-refractivity contribution >= 4 is 40.6 Å². The van der Waals surface area contributed by atoms with E-state index in [4.69, 9.17) is 5.11 Å². The van der Waals surface area contributed by atoms with E-state index in [2.05, 4.69) is 26.3 Å². The van der Waals surface area contributed by atoms with Gasteiger partial charge in [0, 0.05) is 23.5 Å². The molecule has 0 aliphatic carbocycles. The molecule has 1 fully saturated rings. The number of carbonyl (C=O) groups excluding carboxylic acids is 3. The molecular formula is C23H29N5O8. The topological polar surface area (TPSA) is 210 Å². The molecule has 1 aliphatic rings. The molecule has 4 unspecified atom stereocenters. The first-order valence-corrected chi connectivity index (χ1v) is 11.4. The van der Waals surface area contributed by atoms with Crippen LogP contribution in [-0.2, 0) is 30.4 Å². The largest absolute Gasteiger partial charge is 0.481 e. The summed E-state index contributed by atoms with van der Waals surface area (Å²) in [5.74, 6) is -5.22. The fourth-order valence-corrected chi connectivity index (χ4v) is 4.02. The van der Waals surface area contributed by atoms with Gasteiger partial charge in [0.05, 0.1) is 19.1 Å². The molecule has 1 saturated heterocycles. The van der Waals surface area contributed by atoms with E-state index in [-0.39, 0.29) is 6.42 Å². The zero-order valence-corrected chi connectivity index (χ0v) is 19.3. The number of carboxylic acids is 2. The van der Waals surface area contributed by atoms with Gasteiger partial charge in [-0.15, -0.1) is 0 Å². The van der Waals surface area contributed by atoms with Crippen molar-refractivity contribution in [2.75, 3.05) is 13.2 Å². The summed E-state index contributed by atoms with van der Waals surface area (Å²) in [6, 6.07) is 2.31. The quantitative estimate of drug-likeness (QED) is 0.169. The average Bonchev–Trinajstić information content (AvgIpc) is 3.52. The van der Waals surface area contributed by atoms with E-state index in [0.717, 1.165) is 17.3 Å². The Hall–Kier alpha value is -3.97. The molecule has 2 heterocycles. The number of carbonyl (C=O) groups is 5. The van der Waals surface area contributed by atoms with Crippen LogP contribution in [0.5, 0.6) is 0 Å². The van der Waals surface area contributed by atoms with E-state index in [9.17, 15) is 34.2 Å². The molecule has 3 rings (SSSR count). The van der Waals surface area contributed by atoms with Gasteiger partial charge in [0.15, 0.2) is 0 Å². The molecule has 194 valence electrons. The second kappa shape index (κ2) is 12.1. The summed E-state index contributed by atoms with van der Waals surface area (Å²) in [7, 11) is 0. The number of aromatic amines is 1. The fraction of sp³-hybridized carbons (Fsp3) is 0.435. The van der Waals surface area contributed by atoms with Gasteiger partial charge in [0.25, 0.3) is 0 Å². The number of para-hydroxylation sites is 1. The van der Waals surface area contributed by atoms with Crippen molar-refractivity contribution < 1.29 is 39.3 Å². The Morgan fingerprint density at radius 2 is 1.67 bits per heavy atom. The van der Waals surface area contributed by atoms with Crippen LogP contribution >= 0.6 is 0 Å². The van der Waals surface area contributed by atoms with Crippen molar-refractivity contribution in [3.8, 4) is 0 Å². The van der Waals surface area contributed by atoms with Crippen LogP contribution in [0.1, 0.15) is 24.8 Å². The van der Waals surface area contributed by atoms with Crippen LogP contribution in [0.25, 0.3) is 10.9 Å². The number of hydrogen-bond donors (Lipinski definition) is 8. The fourth-order valence-electron chi connectivity index (χ4n) is 4.02. The SMILES string of the molecule is O=C(O)CC(NC(=O)C(Cc1c[nH]c2ccccc12)NC(=O)C(CO)NC(=O)C1CCCN1)C(=O)O. The van der Waals surface area contributed by atoms with Crippen LogP contribution in [0.3, 0.4) is 0 Å². The van der Waals surface area contributed by atoms with Gasteiger partial charge >= 0.3 is 11.9 Å². The molecule has 0 saturated carbocycles. The molecule has 0 radical (unpaired) electrons. The Labute approximate surface area is 205 Å². The number of benzene rings is 1. The van der Waals surface area contributed by atoms with Crippen molar-refractivity contribution in [2.45, 2.75) is 49.9 Å². The molecule has 8 N–H and O–H groups in total. The predicted molar refractivity (Wildman–Crippen MR) is 126 cm³/mol. The second-order valence-corrected chi connectivity index (χ2v) is 8.51. The molecule has 13 nitrogen and oxygen atoms in total. The van der Waals surface area contributed by atoms with Crippen molar-refractivity contribution in [3.63, 3.8) is 0 Å². The van der Waals surface area contributed by atoms with E-state index in [0.29, 0.717) is 18.5 Å². The lowest BCUT2D eigenvalue weighted by Gasteiger charge is -2.24. The second-order valence-electron chi connectivity index (χ2n) is 8.51. The number of amides is 3. The first-order valence-electron chi connectivity index (χ1n) is 11.4. The maximum atomic E-state index is 13.0. The lowest BCUT2D eigenvalue weighted by atomic mass is 10.0. The van der Waals surface area contributed by atoms with E-state index in [1.807, 2.05) is 12.1 Å². The molecule has 36 heavy (non-hydrogen) atoms. The van der Waals surface area contributed by atoms with Crippen LogP contribution < -0.4 is 21.3 Å². The lowest BCUT2D eigenvalue weighted by molar-refractivity contribution is -0.147. The maximum Gasteiger partial charge on any atom is 0.326 e. The molecule has 2 aromatic rings. The summed E-state index contributed by atoms with van der Waals surface area (Å²) >= 11 is 0. The van der Waals surface area contributed by atoms with Crippen LogP contribution in [0, 0.1) is 0 Å². The van der Waals surface area contributed by atoms with Gasteiger partial charge in [0.2, 0.25) is 17.7 Å². The molecule has 1 aliphatic heterocycles. The van der Waals surface area contributed by atoms with E-state index in [1.165, 1.54) is 0 Å². The number of fused-ring (bicyclic) bond motifs is 1. The minimum atomic E-state index is -1.72. The average molecular weight is 504 g/mol. The van der Waals surface area contributed by atoms with E-state index < -0.39 is 66.9 Å². The Bertz CT molecular complexity index is 1130. The molecule has 1 aromatic heterocycles. The number of rotatable bonds is 12. The maximum absolute atomic E-state index is 13.0. The first-order chi connectivity index (χ1) is 17.2. The third kappa shape index (κ3) is 6.79. The number of aromatic nitrogens is 1. The number of aliphatic hydroxyl groups is 1. The Morgan fingerprint density at radius 1 is 0.972 bits per heavy atom. The summed E-state index contributed by atoms with van der Waals surface area (Å²) in [6.07, 6.45) is 2.08.